The molecular weight excluding hydrogens is 497 g/mol. The molecule has 2 fully saturated rings. The van der Waals surface area contributed by atoms with Crippen LogP contribution in [0.1, 0.15) is 36.5 Å². The van der Waals surface area contributed by atoms with Crippen molar-refractivity contribution in [3.05, 3.63) is 62.0 Å². The predicted octanol–water partition coefficient (Wildman–Crippen LogP) is 4.13. The van der Waals surface area contributed by atoms with Crippen molar-refractivity contribution in [3.63, 3.8) is 0 Å². The van der Waals surface area contributed by atoms with Crippen LogP contribution >= 0.6 is 24.0 Å². The third kappa shape index (κ3) is 4.77. The van der Waals surface area contributed by atoms with Gasteiger partial charge in [-0.3, -0.25) is 19.1 Å². The van der Waals surface area contributed by atoms with Crippen molar-refractivity contribution in [1.29, 1.82) is 5.26 Å². The van der Waals surface area contributed by atoms with Crippen molar-refractivity contribution in [2.45, 2.75) is 33.2 Å². The van der Waals surface area contributed by atoms with Crippen LogP contribution in [0.15, 0.2) is 34.0 Å². The van der Waals surface area contributed by atoms with Crippen LogP contribution in [0.2, 0.25) is 0 Å². The molecule has 0 N–H and O–H groups in total. The summed E-state index contributed by atoms with van der Waals surface area (Å²) in [5, 5.41) is 9.82. The standard InChI is InChI=1S/C26H28FN5O2S2/c1-4-5-10-32-23(31-13-11-30(12-14-31)21-9-7-6-8-20(21)27)18(17(2)19(16-28)24(32)33)15-22-25(34)29(3)26(35)36-22/h6-9,15H,4-5,10-14H2,1-3H3. The Bertz CT molecular complexity index is 1340. The van der Waals surface area contributed by atoms with E-state index in [0.717, 1.165) is 12.8 Å². The Morgan fingerprint density at radius 3 is 2.42 bits per heavy atom. The summed E-state index contributed by atoms with van der Waals surface area (Å²) in [6, 6.07) is 8.80. The molecule has 36 heavy (non-hydrogen) atoms. The predicted molar refractivity (Wildman–Crippen MR) is 147 cm³/mol. The van der Waals surface area contributed by atoms with Gasteiger partial charge in [0.15, 0.2) is 0 Å². The fourth-order valence-electron chi connectivity index (χ4n) is 4.55. The highest BCUT2D eigenvalue weighted by Crippen LogP contribution is 2.35. The number of hydrogen-bond acceptors (Lipinski definition) is 7. The molecule has 1 aromatic heterocycles. The first-order valence-electron chi connectivity index (χ1n) is 11.9. The van der Waals surface area contributed by atoms with Gasteiger partial charge in [0.25, 0.3) is 11.5 Å². The largest absolute Gasteiger partial charge is 0.366 e. The molecule has 10 heteroatoms. The molecule has 2 saturated heterocycles. The molecule has 4 rings (SSSR count). The highest BCUT2D eigenvalue weighted by Gasteiger charge is 2.31. The third-order valence-electron chi connectivity index (χ3n) is 6.62. The maximum atomic E-state index is 14.4. The first-order chi connectivity index (χ1) is 17.3. The molecule has 188 valence electrons. The van der Waals surface area contributed by atoms with E-state index in [1.165, 1.54) is 22.7 Å². The van der Waals surface area contributed by atoms with E-state index in [1.54, 1.807) is 36.7 Å². The number of carbonyl (C=O) groups excluding carboxylic acids is 1. The van der Waals surface area contributed by atoms with Crippen LogP contribution in [0.25, 0.3) is 6.08 Å². The summed E-state index contributed by atoms with van der Waals surface area (Å²) in [6.45, 7) is 6.51. The van der Waals surface area contributed by atoms with Crippen molar-refractivity contribution >= 4 is 51.8 Å². The fourth-order valence-corrected chi connectivity index (χ4v) is 5.71. The maximum Gasteiger partial charge on any atom is 0.270 e. The van der Waals surface area contributed by atoms with Crippen LogP contribution in [0.5, 0.6) is 0 Å². The lowest BCUT2D eigenvalue weighted by atomic mass is 10.0. The number of benzene rings is 1. The number of likely N-dealkylation sites (N-methyl/N-ethyl adjacent to an activating group) is 1. The number of carbonyl (C=O) groups is 1. The van der Waals surface area contributed by atoms with E-state index in [1.807, 2.05) is 17.9 Å². The number of pyridine rings is 1. The van der Waals surface area contributed by atoms with Gasteiger partial charge >= 0.3 is 0 Å². The highest BCUT2D eigenvalue weighted by molar-refractivity contribution is 8.26. The topological polar surface area (TPSA) is 72.6 Å². The molecule has 7 nitrogen and oxygen atoms in total. The van der Waals surface area contributed by atoms with Gasteiger partial charge in [0, 0.05) is 45.3 Å². The van der Waals surface area contributed by atoms with Crippen LogP contribution in [-0.2, 0) is 11.3 Å². The molecule has 0 bridgehead atoms. The van der Waals surface area contributed by atoms with E-state index in [-0.39, 0.29) is 22.8 Å². The van der Waals surface area contributed by atoms with Gasteiger partial charge in [-0.05, 0) is 37.1 Å². The molecule has 3 heterocycles. The number of nitriles is 1. The highest BCUT2D eigenvalue weighted by atomic mass is 32.2. The smallest absolute Gasteiger partial charge is 0.270 e. The van der Waals surface area contributed by atoms with Gasteiger partial charge in [-0.15, -0.1) is 0 Å². The molecule has 1 amide bonds. The van der Waals surface area contributed by atoms with E-state index in [4.69, 9.17) is 12.2 Å². The average molecular weight is 526 g/mol. The summed E-state index contributed by atoms with van der Waals surface area (Å²) in [4.78, 5) is 32.2. The summed E-state index contributed by atoms with van der Waals surface area (Å²) in [5.41, 5.74) is 1.54. The first kappa shape index (κ1) is 25.9. The molecule has 0 atom stereocenters. The summed E-state index contributed by atoms with van der Waals surface area (Å²) in [5.74, 6) is 0.228. The molecule has 0 spiro atoms. The van der Waals surface area contributed by atoms with E-state index >= 15 is 0 Å². The second-order valence-corrected chi connectivity index (χ2v) is 10.5. The summed E-state index contributed by atoms with van der Waals surface area (Å²) < 4.78 is 16.5. The second-order valence-electron chi connectivity index (χ2n) is 8.83. The molecule has 0 saturated carbocycles. The van der Waals surface area contributed by atoms with Crippen molar-refractivity contribution in [2.24, 2.45) is 0 Å². The molecule has 2 aromatic rings. The number of amides is 1. The molecule has 2 aliphatic heterocycles. The quantitative estimate of drug-likeness (QED) is 0.415. The second kappa shape index (κ2) is 10.8. The number of rotatable bonds is 6. The Morgan fingerprint density at radius 1 is 1.17 bits per heavy atom. The van der Waals surface area contributed by atoms with Crippen LogP contribution in [-0.4, -0.2) is 52.9 Å². The van der Waals surface area contributed by atoms with E-state index < -0.39 is 0 Å². The lowest BCUT2D eigenvalue weighted by Crippen LogP contribution is -2.49. The minimum atomic E-state index is -0.324. The number of hydrogen-bond donors (Lipinski definition) is 0. The van der Waals surface area contributed by atoms with Gasteiger partial charge in [0.05, 0.1) is 10.6 Å². The summed E-state index contributed by atoms with van der Waals surface area (Å²) in [7, 11) is 1.64. The summed E-state index contributed by atoms with van der Waals surface area (Å²) >= 11 is 6.51. The number of piperazine rings is 1. The number of nitrogens with zero attached hydrogens (tertiary/aromatic N) is 5. The Balaban J connectivity index is 1.81. The van der Waals surface area contributed by atoms with Crippen molar-refractivity contribution in [3.8, 4) is 6.07 Å². The van der Waals surface area contributed by atoms with Crippen molar-refractivity contribution in [1.82, 2.24) is 9.47 Å². The Hall–Kier alpha value is -3.16. The number of para-hydroxylation sites is 1. The lowest BCUT2D eigenvalue weighted by molar-refractivity contribution is -0.121. The summed E-state index contributed by atoms with van der Waals surface area (Å²) in [6.07, 6.45) is 3.42. The van der Waals surface area contributed by atoms with Crippen molar-refractivity contribution in [2.75, 3.05) is 43.0 Å². The van der Waals surface area contributed by atoms with Crippen molar-refractivity contribution < 1.29 is 9.18 Å². The van der Waals surface area contributed by atoms with E-state index in [0.29, 0.717) is 64.6 Å². The average Bonchev–Trinajstić information content (AvgIpc) is 3.12. The molecule has 0 unspecified atom stereocenters. The number of thiocarbonyl (C=S) groups is 1. The zero-order chi connectivity index (χ0) is 26.0. The van der Waals surface area contributed by atoms with Gasteiger partial charge in [-0.2, -0.15) is 5.26 Å². The zero-order valence-corrected chi connectivity index (χ0v) is 22.2. The number of halogens is 1. The van der Waals surface area contributed by atoms with E-state index in [9.17, 15) is 19.2 Å². The fraction of sp³-hybridized carbons (Fsp3) is 0.385. The van der Waals surface area contributed by atoms with Crippen LogP contribution in [0.4, 0.5) is 15.9 Å². The zero-order valence-electron chi connectivity index (χ0n) is 20.6. The van der Waals surface area contributed by atoms with Crippen LogP contribution in [0.3, 0.4) is 0 Å². The van der Waals surface area contributed by atoms with Crippen LogP contribution < -0.4 is 15.4 Å². The van der Waals surface area contributed by atoms with Gasteiger partial charge in [0.1, 0.15) is 27.6 Å². The lowest BCUT2D eigenvalue weighted by Gasteiger charge is -2.39. The SMILES string of the molecule is CCCCn1c(N2CCN(c3ccccc3F)CC2)c(C=C2SC(=S)N(C)C2=O)c(C)c(C#N)c1=O. The minimum Gasteiger partial charge on any atom is -0.366 e. The monoisotopic (exact) mass is 525 g/mol. The maximum absolute atomic E-state index is 14.4. The molecular formula is C26H28FN5O2S2. The number of anilines is 2. The minimum absolute atomic E-state index is 0.0815. The molecule has 0 aliphatic carbocycles. The third-order valence-corrected chi connectivity index (χ3v) is 8.10. The van der Waals surface area contributed by atoms with E-state index in [2.05, 4.69) is 11.0 Å². The van der Waals surface area contributed by atoms with Gasteiger partial charge in [-0.1, -0.05) is 49.5 Å². The first-order valence-corrected chi connectivity index (χ1v) is 13.1. The van der Waals surface area contributed by atoms with Crippen LogP contribution in [0, 0.1) is 24.1 Å². The molecule has 2 aliphatic rings. The van der Waals surface area contributed by atoms with Gasteiger partial charge in [-0.25, -0.2) is 4.39 Å². The Kier molecular flexibility index (Phi) is 7.81. The number of aromatic nitrogens is 1. The molecule has 1 aromatic carbocycles. The molecule has 0 radical (unpaired) electrons. The Labute approximate surface area is 219 Å². The van der Waals surface area contributed by atoms with Gasteiger partial charge in [0.2, 0.25) is 0 Å². The number of thioether (sulfide) groups is 1. The Morgan fingerprint density at radius 2 is 1.83 bits per heavy atom. The number of unbranched alkanes of at least 4 members (excludes halogenated alkanes) is 1. The normalized spacial score (nSPS) is 17.3. The van der Waals surface area contributed by atoms with Gasteiger partial charge < -0.3 is 9.80 Å².